The molecule has 0 aliphatic carbocycles. The van der Waals surface area contributed by atoms with Crippen LogP contribution in [-0.4, -0.2) is 27.7 Å². The second kappa shape index (κ2) is 6.23. The van der Waals surface area contributed by atoms with E-state index < -0.39 is 0 Å². The molecular weight excluding hydrogens is 332 g/mol. The van der Waals surface area contributed by atoms with E-state index in [0.29, 0.717) is 0 Å². The van der Waals surface area contributed by atoms with E-state index in [9.17, 15) is 4.79 Å². The van der Waals surface area contributed by atoms with E-state index in [1.807, 2.05) is 11.0 Å². The highest BCUT2D eigenvalue weighted by molar-refractivity contribution is 6.27. The van der Waals surface area contributed by atoms with Crippen molar-refractivity contribution in [2.24, 2.45) is 0 Å². The molecule has 0 fully saturated rings. The van der Waals surface area contributed by atoms with Gasteiger partial charge in [-0.15, -0.1) is 11.6 Å². The lowest BCUT2D eigenvalue weighted by Crippen LogP contribution is -2.46. The van der Waals surface area contributed by atoms with Gasteiger partial charge in [-0.05, 0) is 37.5 Å². The molecule has 1 aliphatic rings. The van der Waals surface area contributed by atoms with Crippen LogP contribution in [0.1, 0.15) is 35.3 Å². The van der Waals surface area contributed by atoms with E-state index in [4.69, 9.17) is 11.6 Å². The zero-order valence-electron chi connectivity index (χ0n) is 14.4. The number of amides is 1. The maximum atomic E-state index is 12.6. The molecular formula is C21H21ClN2O. The summed E-state index contributed by atoms with van der Waals surface area (Å²) in [5, 5.41) is 1.25. The number of alkyl halides is 1. The fraction of sp³-hybridized carbons (Fsp3) is 0.286. The minimum Gasteiger partial charge on any atom is -0.356 e. The Morgan fingerprint density at radius 1 is 1.20 bits per heavy atom. The third-order valence-electron chi connectivity index (χ3n) is 5.17. The van der Waals surface area contributed by atoms with Crippen molar-refractivity contribution in [3.05, 3.63) is 70.9 Å². The molecule has 2 aromatic carbocycles. The normalized spacial score (nSPS) is 19.9. The molecule has 4 rings (SSSR count). The van der Waals surface area contributed by atoms with Crippen LogP contribution in [0.4, 0.5) is 0 Å². The summed E-state index contributed by atoms with van der Waals surface area (Å²) in [5.41, 5.74) is 5.87. The molecule has 128 valence electrons. The summed E-state index contributed by atoms with van der Waals surface area (Å²) in [6, 6.07) is 16.8. The van der Waals surface area contributed by atoms with Crippen LogP contribution in [0.3, 0.4) is 0 Å². The molecule has 4 heteroatoms. The van der Waals surface area contributed by atoms with Crippen molar-refractivity contribution in [1.82, 2.24) is 9.88 Å². The number of halogens is 1. The van der Waals surface area contributed by atoms with Crippen LogP contribution < -0.4 is 0 Å². The molecule has 3 nitrogen and oxygen atoms in total. The summed E-state index contributed by atoms with van der Waals surface area (Å²) in [4.78, 5) is 18.1. The number of aryl methyl sites for hydroxylation is 1. The van der Waals surface area contributed by atoms with E-state index in [-0.39, 0.29) is 23.9 Å². The molecule has 0 spiro atoms. The van der Waals surface area contributed by atoms with Gasteiger partial charge in [-0.25, -0.2) is 0 Å². The molecule has 2 heterocycles. The van der Waals surface area contributed by atoms with Gasteiger partial charge in [0.05, 0.1) is 6.04 Å². The van der Waals surface area contributed by atoms with Crippen molar-refractivity contribution < 1.29 is 4.79 Å². The number of carbonyl (C=O) groups excluding carboxylic acids is 1. The van der Waals surface area contributed by atoms with Crippen LogP contribution in [0, 0.1) is 6.92 Å². The molecule has 0 saturated carbocycles. The van der Waals surface area contributed by atoms with E-state index in [0.717, 1.165) is 23.2 Å². The second-order valence-corrected chi connectivity index (χ2v) is 7.13. The van der Waals surface area contributed by atoms with Gasteiger partial charge in [0.15, 0.2) is 0 Å². The van der Waals surface area contributed by atoms with Crippen LogP contribution in [0.2, 0.25) is 0 Å². The van der Waals surface area contributed by atoms with Gasteiger partial charge in [-0.3, -0.25) is 4.79 Å². The number of hydrogen-bond donors (Lipinski definition) is 1. The number of hydrogen-bond acceptors (Lipinski definition) is 1. The highest BCUT2D eigenvalue weighted by Crippen LogP contribution is 2.40. The monoisotopic (exact) mass is 352 g/mol. The average molecular weight is 353 g/mol. The number of carbonyl (C=O) groups is 1. The number of nitrogens with one attached hydrogen (secondary N) is 1. The van der Waals surface area contributed by atoms with Gasteiger partial charge in [-0.2, -0.15) is 0 Å². The lowest BCUT2D eigenvalue weighted by molar-refractivity contribution is -0.133. The fourth-order valence-corrected chi connectivity index (χ4v) is 4.13. The fourth-order valence-electron chi connectivity index (χ4n) is 4.00. The number of fused-ring (bicyclic) bond motifs is 3. The smallest absolute Gasteiger partial charge is 0.238 e. The van der Waals surface area contributed by atoms with Gasteiger partial charge in [0.2, 0.25) is 5.91 Å². The van der Waals surface area contributed by atoms with Crippen LogP contribution in [-0.2, 0) is 11.2 Å². The summed E-state index contributed by atoms with van der Waals surface area (Å²) in [5.74, 6) is -0.0218. The zero-order valence-corrected chi connectivity index (χ0v) is 15.2. The standard InChI is InChI=1S/C21H21ClN2O/c1-13-7-9-15(10-8-13)21-20-17(11-14(2)24(21)19(25)12-22)16-5-3-4-6-18(16)23-20/h3-10,14,21,23H,11-12H2,1-2H3/t14-,21+/m0/s1. The lowest BCUT2D eigenvalue weighted by Gasteiger charge is -2.40. The Morgan fingerprint density at radius 3 is 2.64 bits per heavy atom. The number of para-hydroxylation sites is 1. The van der Waals surface area contributed by atoms with Gasteiger partial charge in [0, 0.05) is 22.6 Å². The first-order valence-electron chi connectivity index (χ1n) is 8.63. The molecule has 1 aromatic heterocycles. The Hall–Kier alpha value is -2.26. The van der Waals surface area contributed by atoms with Crippen molar-refractivity contribution in [3.63, 3.8) is 0 Å². The maximum absolute atomic E-state index is 12.6. The molecule has 0 saturated heterocycles. The molecule has 0 radical (unpaired) electrons. The first-order valence-corrected chi connectivity index (χ1v) is 9.16. The van der Waals surface area contributed by atoms with E-state index in [1.165, 1.54) is 16.5 Å². The Balaban J connectivity index is 1.94. The second-order valence-electron chi connectivity index (χ2n) is 6.86. The number of benzene rings is 2. The quantitative estimate of drug-likeness (QED) is 0.673. The average Bonchev–Trinajstić information content (AvgIpc) is 2.99. The Labute approximate surface area is 152 Å². The molecule has 2 atom stereocenters. The van der Waals surface area contributed by atoms with E-state index >= 15 is 0 Å². The highest BCUT2D eigenvalue weighted by Gasteiger charge is 2.37. The predicted octanol–water partition coefficient (Wildman–Crippen LogP) is 4.58. The maximum Gasteiger partial charge on any atom is 0.238 e. The largest absolute Gasteiger partial charge is 0.356 e. The van der Waals surface area contributed by atoms with Crippen LogP contribution >= 0.6 is 11.6 Å². The predicted molar refractivity (Wildman–Crippen MR) is 102 cm³/mol. The number of rotatable bonds is 2. The third-order valence-corrected chi connectivity index (χ3v) is 5.40. The van der Waals surface area contributed by atoms with Gasteiger partial charge < -0.3 is 9.88 Å². The summed E-state index contributed by atoms with van der Waals surface area (Å²) in [6.07, 6.45) is 0.838. The zero-order chi connectivity index (χ0) is 17.6. The first-order chi connectivity index (χ1) is 12.1. The van der Waals surface area contributed by atoms with Crippen molar-refractivity contribution in [2.75, 3.05) is 5.88 Å². The lowest BCUT2D eigenvalue weighted by atomic mass is 9.88. The minimum absolute atomic E-state index is 0.00225. The number of H-pyrrole nitrogens is 1. The van der Waals surface area contributed by atoms with Crippen molar-refractivity contribution in [2.45, 2.75) is 32.4 Å². The van der Waals surface area contributed by atoms with Gasteiger partial charge in [0.1, 0.15) is 5.88 Å². The van der Waals surface area contributed by atoms with E-state index in [2.05, 4.69) is 61.3 Å². The number of nitrogens with zero attached hydrogens (tertiary/aromatic N) is 1. The van der Waals surface area contributed by atoms with E-state index in [1.54, 1.807) is 0 Å². The SMILES string of the molecule is Cc1ccc([C@@H]2c3[nH]c4ccccc4c3C[C@H](C)N2C(=O)CCl)cc1. The highest BCUT2D eigenvalue weighted by atomic mass is 35.5. The van der Waals surface area contributed by atoms with Crippen LogP contribution in [0.15, 0.2) is 48.5 Å². The minimum atomic E-state index is -0.127. The van der Waals surface area contributed by atoms with Crippen molar-refractivity contribution in [3.8, 4) is 0 Å². The van der Waals surface area contributed by atoms with Crippen LogP contribution in [0.25, 0.3) is 10.9 Å². The molecule has 0 unspecified atom stereocenters. The summed E-state index contributed by atoms with van der Waals surface area (Å²) >= 11 is 5.93. The van der Waals surface area contributed by atoms with Crippen molar-refractivity contribution in [1.29, 1.82) is 0 Å². The molecule has 1 N–H and O–H groups in total. The summed E-state index contributed by atoms with van der Waals surface area (Å²) < 4.78 is 0. The summed E-state index contributed by atoms with van der Waals surface area (Å²) in [6.45, 7) is 4.18. The van der Waals surface area contributed by atoms with Gasteiger partial charge in [-0.1, -0.05) is 48.0 Å². The molecule has 25 heavy (non-hydrogen) atoms. The Kier molecular flexibility index (Phi) is 4.04. The Morgan fingerprint density at radius 2 is 1.92 bits per heavy atom. The number of aromatic nitrogens is 1. The van der Waals surface area contributed by atoms with Crippen molar-refractivity contribution >= 4 is 28.4 Å². The molecule has 1 amide bonds. The number of aromatic amines is 1. The third kappa shape index (κ3) is 2.63. The Bertz CT molecular complexity index is 929. The topological polar surface area (TPSA) is 36.1 Å². The summed E-state index contributed by atoms with van der Waals surface area (Å²) in [7, 11) is 0. The first kappa shape index (κ1) is 16.2. The molecule has 0 bridgehead atoms. The van der Waals surface area contributed by atoms with Gasteiger partial charge >= 0.3 is 0 Å². The van der Waals surface area contributed by atoms with Gasteiger partial charge in [0.25, 0.3) is 0 Å². The van der Waals surface area contributed by atoms with Crippen LogP contribution in [0.5, 0.6) is 0 Å². The molecule has 3 aromatic rings. The molecule has 1 aliphatic heterocycles.